The van der Waals surface area contributed by atoms with Crippen molar-refractivity contribution in [2.75, 3.05) is 5.75 Å². The molecular formula is C12H16N4O2S. The molecule has 0 radical (unpaired) electrons. The molecule has 0 aromatic carbocycles. The van der Waals surface area contributed by atoms with Gasteiger partial charge in [-0.3, -0.25) is 9.36 Å². The Hall–Kier alpha value is -1.76. The predicted octanol–water partition coefficient (Wildman–Crippen LogP) is 1.77. The molecule has 0 unspecified atom stereocenters. The average Bonchev–Trinajstić information content (AvgIpc) is 2.94. The van der Waals surface area contributed by atoms with Crippen LogP contribution in [0, 0.1) is 5.92 Å². The van der Waals surface area contributed by atoms with Gasteiger partial charge in [-0.05, 0) is 18.1 Å². The lowest BCUT2D eigenvalue weighted by molar-refractivity contribution is -0.115. The van der Waals surface area contributed by atoms with Gasteiger partial charge in [0.1, 0.15) is 0 Å². The van der Waals surface area contributed by atoms with Gasteiger partial charge in [0.05, 0.1) is 12.0 Å². The van der Waals surface area contributed by atoms with E-state index in [0.29, 0.717) is 22.7 Å². The van der Waals surface area contributed by atoms with Crippen LogP contribution in [0.2, 0.25) is 0 Å². The van der Waals surface area contributed by atoms with Crippen LogP contribution in [0.5, 0.6) is 0 Å². The first-order chi connectivity index (χ1) is 9.08. The molecule has 0 bridgehead atoms. The third-order valence-electron chi connectivity index (χ3n) is 2.35. The third kappa shape index (κ3) is 3.37. The number of rotatable bonds is 6. The fourth-order valence-electron chi connectivity index (χ4n) is 1.65. The zero-order chi connectivity index (χ0) is 13.8. The number of primary amides is 1. The zero-order valence-corrected chi connectivity index (χ0v) is 11.7. The summed E-state index contributed by atoms with van der Waals surface area (Å²) in [5, 5.41) is 8.92. The zero-order valence-electron chi connectivity index (χ0n) is 10.9. The van der Waals surface area contributed by atoms with E-state index in [0.717, 1.165) is 6.54 Å². The molecule has 0 spiro atoms. The highest BCUT2D eigenvalue weighted by Gasteiger charge is 2.17. The molecule has 2 N–H and O–H groups in total. The van der Waals surface area contributed by atoms with Crippen LogP contribution < -0.4 is 5.73 Å². The molecule has 0 saturated heterocycles. The fraction of sp³-hybridized carbons (Fsp3) is 0.417. The van der Waals surface area contributed by atoms with Crippen molar-refractivity contribution in [3.63, 3.8) is 0 Å². The SMILES string of the molecule is CC(C)Cn1c(SCC(N)=O)nnc1-c1ccco1. The minimum Gasteiger partial charge on any atom is -0.461 e. The predicted molar refractivity (Wildman–Crippen MR) is 72.5 cm³/mol. The molecule has 102 valence electrons. The summed E-state index contributed by atoms with van der Waals surface area (Å²) in [5.41, 5.74) is 5.16. The van der Waals surface area contributed by atoms with Crippen molar-refractivity contribution >= 4 is 17.7 Å². The first kappa shape index (κ1) is 13.7. The number of thioether (sulfide) groups is 1. The Morgan fingerprint density at radius 1 is 1.53 bits per heavy atom. The van der Waals surface area contributed by atoms with E-state index in [9.17, 15) is 4.79 Å². The van der Waals surface area contributed by atoms with E-state index in [4.69, 9.17) is 10.2 Å². The number of aromatic nitrogens is 3. The van der Waals surface area contributed by atoms with Crippen molar-refractivity contribution in [2.45, 2.75) is 25.5 Å². The topological polar surface area (TPSA) is 86.9 Å². The van der Waals surface area contributed by atoms with Crippen molar-refractivity contribution in [1.82, 2.24) is 14.8 Å². The molecule has 1 amide bonds. The first-order valence-corrected chi connectivity index (χ1v) is 6.94. The van der Waals surface area contributed by atoms with Crippen LogP contribution in [0.3, 0.4) is 0 Å². The monoisotopic (exact) mass is 280 g/mol. The number of nitrogens with zero attached hydrogens (tertiary/aromatic N) is 3. The van der Waals surface area contributed by atoms with Gasteiger partial charge in [-0.2, -0.15) is 0 Å². The average molecular weight is 280 g/mol. The molecule has 6 nitrogen and oxygen atoms in total. The second-order valence-corrected chi connectivity index (χ2v) is 5.49. The van der Waals surface area contributed by atoms with Crippen LogP contribution in [-0.4, -0.2) is 26.4 Å². The first-order valence-electron chi connectivity index (χ1n) is 5.96. The van der Waals surface area contributed by atoms with Gasteiger partial charge in [-0.15, -0.1) is 10.2 Å². The number of hydrogen-bond acceptors (Lipinski definition) is 5. The number of nitrogens with two attached hydrogens (primary N) is 1. The summed E-state index contributed by atoms with van der Waals surface area (Å²) < 4.78 is 7.31. The van der Waals surface area contributed by atoms with Gasteiger partial charge in [0, 0.05) is 6.54 Å². The molecule has 0 atom stereocenters. The van der Waals surface area contributed by atoms with E-state index in [1.54, 1.807) is 12.3 Å². The van der Waals surface area contributed by atoms with Gasteiger partial charge >= 0.3 is 0 Å². The normalized spacial score (nSPS) is 11.1. The smallest absolute Gasteiger partial charge is 0.227 e. The lowest BCUT2D eigenvalue weighted by atomic mass is 10.2. The maximum atomic E-state index is 10.9. The number of amides is 1. The summed E-state index contributed by atoms with van der Waals surface area (Å²) >= 11 is 1.29. The summed E-state index contributed by atoms with van der Waals surface area (Å²) in [6.45, 7) is 4.97. The van der Waals surface area contributed by atoms with Crippen LogP contribution >= 0.6 is 11.8 Å². The van der Waals surface area contributed by atoms with Crippen molar-refractivity contribution in [3.8, 4) is 11.6 Å². The Labute approximate surface area is 115 Å². The van der Waals surface area contributed by atoms with Crippen LogP contribution in [0.4, 0.5) is 0 Å². The summed E-state index contributed by atoms with van der Waals surface area (Å²) in [6.07, 6.45) is 1.60. The van der Waals surface area contributed by atoms with E-state index in [1.807, 2.05) is 10.6 Å². The molecular weight excluding hydrogens is 264 g/mol. The van der Waals surface area contributed by atoms with Crippen LogP contribution in [0.15, 0.2) is 28.0 Å². The maximum Gasteiger partial charge on any atom is 0.227 e. The van der Waals surface area contributed by atoms with Gasteiger partial charge in [0.25, 0.3) is 0 Å². The van der Waals surface area contributed by atoms with Gasteiger partial charge in [-0.25, -0.2) is 0 Å². The molecule has 0 aliphatic rings. The van der Waals surface area contributed by atoms with Crippen molar-refractivity contribution in [3.05, 3.63) is 18.4 Å². The molecule has 7 heteroatoms. The quantitative estimate of drug-likeness (QED) is 0.815. The highest BCUT2D eigenvalue weighted by atomic mass is 32.2. The molecule has 2 aromatic heterocycles. The van der Waals surface area contributed by atoms with Crippen LogP contribution in [0.1, 0.15) is 13.8 Å². The van der Waals surface area contributed by atoms with E-state index < -0.39 is 0 Å². The lowest BCUT2D eigenvalue weighted by Crippen LogP contribution is -2.14. The fourth-order valence-corrected chi connectivity index (χ4v) is 2.34. The Morgan fingerprint density at radius 3 is 2.89 bits per heavy atom. The molecule has 0 aliphatic carbocycles. The lowest BCUT2D eigenvalue weighted by Gasteiger charge is -2.10. The van der Waals surface area contributed by atoms with Crippen LogP contribution in [-0.2, 0) is 11.3 Å². The maximum absolute atomic E-state index is 10.9. The minimum atomic E-state index is -0.372. The molecule has 0 fully saturated rings. The van der Waals surface area contributed by atoms with Gasteiger partial charge in [0.15, 0.2) is 16.7 Å². The van der Waals surface area contributed by atoms with E-state index in [2.05, 4.69) is 24.0 Å². The molecule has 0 aliphatic heterocycles. The second-order valence-electron chi connectivity index (χ2n) is 4.54. The summed E-state index contributed by atoms with van der Waals surface area (Å²) in [4.78, 5) is 10.9. The third-order valence-corrected chi connectivity index (χ3v) is 3.34. The standard InChI is InChI=1S/C12H16N4O2S/c1-8(2)6-16-11(9-4-3-5-18-9)14-15-12(16)19-7-10(13)17/h3-5,8H,6-7H2,1-2H3,(H2,13,17). The Balaban J connectivity index is 2.30. The van der Waals surface area contributed by atoms with Crippen molar-refractivity contribution in [2.24, 2.45) is 11.7 Å². The summed E-state index contributed by atoms with van der Waals surface area (Å²) in [6, 6.07) is 3.64. The Bertz CT molecular complexity index is 548. The molecule has 2 heterocycles. The summed E-state index contributed by atoms with van der Waals surface area (Å²) in [5.74, 6) is 1.58. The van der Waals surface area contributed by atoms with E-state index >= 15 is 0 Å². The molecule has 19 heavy (non-hydrogen) atoms. The minimum absolute atomic E-state index is 0.189. The number of furan rings is 1. The number of carbonyl (C=O) groups is 1. The van der Waals surface area contributed by atoms with Crippen molar-refractivity contribution in [1.29, 1.82) is 0 Å². The van der Waals surface area contributed by atoms with Crippen LogP contribution in [0.25, 0.3) is 11.6 Å². The highest BCUT2D eigenvalue weighted by molar-refractivity contribution is 7.99. The molecule has 0 saturated carbocycles. The molecule has 2 rings (SSSR count). The largest absolute Gasteiger partial charge is 0.461 e. The highest BCUT2D eigenvalue weighted by Crippen LogP contribution is 2.25. The van der Waals surface area contributed by atoms with Gasteiger partial charge < -0.3 is 10.2 Å². The van der Waals surface area contributed by atoms with Crippen molar-refractivity contribution < 1.29 is 9.21 Å². The Morgan fingerprint density at radius 2 is 2.32 bits per heavy atom. The van der Waals surface area contributed by atoms with E-state index in [1.165, 1.54) is 11.8 Å². The van der Waals surface area contributed by atoms with Gasteiger partial charge in [-0.1, -0.05) is 25.6 Å². The Kier molecular flexibility index (Phi) is 4.26. The number of carbonyl (C=O) groups excluding carboxylic acids is 1. The van der Waals surface area contributed by atoms with E-state index in [-0.39, 0.29) is 11.7 Å². The molecule has 2 aromatic rings. The summed E-state index contributed by atoms with van der Waals surface area (Å²) in [7, 11) is 0. The second kappa shape index (κ2) is 5.92. The van der Waals surface area contributed by atoms with Gasteiger partial charge in [0.2, 0.25) is 5.91 Å². The number of hydrogen-bond donors (Lipinski definition) is 1.